The first-order valence-corrected chi connectivity index (χ1v) is 11.3. The molecule has 0 atom stereocenters. The van der Waals surface area contributed by atoms with Gasteiger partial charge in [-0.05, 0) is 62.0 Å². The van der Waals surface area contributed by atoms with Crippen LogP contribution in [0.15, 0.2) is 59.5 Å². The molecule has 3 heterocycles. The van der Waals surface area contributed by atoms with Crippen LogP contribution >= 0.6 is 11.9 Å². The predicted molar refractivity (Wildman–Crippen MR) is 124 cm³/mol. The Kier molecular flexibility index (Phi) is 5.30. The molecule has 4 aromatic rings. The Hall–Kier alpha value is -3.39. The number of H-pyrrole nitrogens is 1. The second-order valence-corrected chi connectivity index (χ2v) is 8.99. The normalized spacial score (nSPS) is 13.4. The van der Waals surface area contributed by atoms with Gasteiger partial charge in [0.15, 0.2) is 0 Å². The van der Waals surface area contributed by atoms with Crippen LogP contribution in [0, 0.1) is 12.7 Å². The largest absolute Gasteiger partial charge is 0.330 e. The molecule has 3 aromatic heterocycles. The summed E-state index contributed by atoms with van der Waals surface area (Å²) < 4.78 is 19.2. The summed E-state index contributed by atoms with van der Waals surface area (Å²) in [5, 5.41) is 0.410. The highest BCUT2D eigenvalue weighted by Crippen LogP contribution is 2.35. The van der Waals surface area contributed by atoms with Crippen LogP contribution in [0.1, 0.15) is 34.6 Å². The number of pyridine rings is 2. The molecule has 1 fully saturated rings. The number of carbonyl (C=O) groups is 1. The summed E-state index contributed by atoms with van der Waals surface area (Å²) in [6.07, 6.45) is 3.68. The smallest absolute Gasteiger partial charge is 0.278 e. The molecule has 5 rings (SSSR count). The van der Waals surface area contributed by atoms with Gasteiger partial charge in [0.05, 0.1) is 23.1 Å². The average molecular weight is 449 g/mol. The monoisotopic (exact) mass is 448 g/mol. The molecule has 2 N–H and O–H groups in total. The summed E-state index contributed by atoms with van der Waals surface area (Å²) in [7, 11) is 0. The predicted octanol–water partition coefficient (Wildman–Crippen LogP) is 4.43. The van der Waals surface area contributed by atoms with Crippen molar-refractivity contribution < 1.29 is 9.18 Å². The molecule has 1 aliphatic rings. The first-order valence-electron chi connectivity index (χ1n) is 10.4. The zero-order valence-corrected chi connectivity index (χ0v) is 18.2. The van der Waals surface area contributed by atoms with Gasteiger partial charge < -0.3 is 9.55 Å². The lowest BCUT2D eigenvalue weighted by molar-refractivity contribution is 0.0977. The topological polar surface area (TPSA) is 79.8 Å². The van der Waals surface area contributed by atoms with Crippen molar-refractivity contribution in [1.82, 2.24) is 19.3 Å². The number of hydrogen-bond acceptors (Lipinski definition) is 4. The quantitative estimate of drug-likeness (QED) is 0.428. The minimum absolute atomic E-state index is 0.134. The molecule has 1 amide bonds. The van der Waals surface area contributed by atoms with E-state index in [0.717, 1.165) is 18.5 Å². The summed E-state index contributed by atoms with van der Waals surface area (Å²) in [5.41, 5.74) is 3.20. The van der Waals surface area contributed by atoms with Crippen LogP contribution < -0.4 is 10.3 Å². The van der Waals surface area contributed by atoms with Crippen molar-refractivity contribution in [2.75, 3.05) is 0 Å². The van der Waals surface area contributed by atoms with E-state index in [1.165, 1.54) is 18.0 Å². The third kappa shape index (κ3) is 3.82. The fourth-order valence-corrected chi connectivity index (χ4v) is 4.50. The number of nitrogens with zero attached hydrogens (tertiary/aromatic N) is 2. The summed E-state index contributed by atoms with van der Waals surface area (Å²) in [4.78, 5) is 33.5. The molecule has 0 radical (unpaired) electrons. The zero-order valence-electron chi connectivity index (χ0n) is 17.4. The number of nitrogens with one attached hydrogen (secondary N) is 2. The summed E-state index contributed by atoms with van der Waals surface area (Å²) in [6, 6.07) is 13.6. The molecule has 1 aliphatic carbocycles. The van der Waals surface area contributed by atoms with E-state index in [9.17, 15) is 14.0 Å². The molecular formula is C24H21FN4O2S. The van der Waals surface area contributed by atoms with Crippen LogP contribution in [0.4, 0.5) is 4.39 Å². The second-order valence-electron chi connectivity index (χ2n) is 7.88. The van der Waals surface area contributed by atoms with Crippen molar-refractivity contribution in [2.45, 2.75) is 31.6 Å². The Morgan fingerprint density at radius 3 is 2.78 bits per heavy atom. The number of hydrogen-bond donors (Lipinski definition) is 2. The van der Waals surface area contributed by atoms with E-state index in [-0.39, 0.29) is 23.8 Å². The molecule has 0 spiro atoms. The lowest BCUT2D eigenvalue weighted by atomic mass is 10.1. The first kappa shape index (κ1) is 20.5. The lowest BCUT2D eigenvalue weighted by Crippen LogP contribution is -2.23. The molecule has 8 heteroatoms. The molecule has 0 saturated heterocycles. The number of carbonyl (C=O) groups excluding carboxylic acids is 1. The van der Waals surface area contributed by atoms with Crippen molar-refractivity contribution in [2.24, 2.45) is 0 Å². The fraction of sp³-hybridized carbons (Fsp3) is 0.208. The minimum atomic E-state index is -0.354. The number of amides is 1. The molecule has 162 valence electrons. The van der Waals surface area contributed by atoms with Crippen molar-refractivity contribution in [1.29, 1.82) is 0 Å². The van der Waals surface area contributed by atoms with Crippen molar-refractivity contribution >= 4 is 28.9 Å². The highest BCUT2D eigenvalue weighted by molar-refractivity contribution is 7.98. The van der Waals surface area contributed by atoms with Gasteiger partial charge >= 0.3 is 0 Å². The van der Waals surface area contributed by atoms with E-state index in [1.54, 1.807) is 41.1 Å². The number of benzene rings is 1. The van der Waals surface area contributed by atoms with Gasteiger partial charge in [-0.2, -0.15) is 0 Å². The van der Waals surface area contributed by atoms with Crippen molar-refractivity contribution in [3.8, 4) is 11.1 Å². The van der Waals surface area contributed by atoms with Crippen LogP contribution in [-0.4, -0.2) is 25.7 Å². The second kappa shape index (κ2) is 8.27. The van der Waals surface area contributed by atoms with Crippen molar-refractivity contribution in [3.63, 3.8) is 0 Å². The van der Waals surface area contributed by atoms with Gasteiger partial charge in [0.2, 0.25) is 0 Å². The maximum absolute atomic E-state index is 14.5. The van der Waals surface area contributed by atoms with Gasteiger partial charge in [0.25, 0.3) is 11.5 Å². The van der Waals surface area contributed by atoms with Gasteiger partial charge in [-0.25, -0.2) is 4.39 Å². The van der Waals surface area contributed by atoms with E-state index < -0.39 is 0 Å². The molecule has 1 saturated carbocycles. The molecule has 0 aliphatic heterocycles. The maximum atomic E-state index is 14.5. The lowest BCUT2D eigenvalue weighted by Gasteiger charge is -2.13. The molecule has 0 unspecified atom stereocenters. The Morgan fingerprint density at radius 2 is 2.03 bits per heavy atom. The zero-order chi connectivity index (χ0) is 22.2. The van der Waals surface area contributed by atoms with Crippen molar-refractivity contribution in [3.05, 3.63) is 87.9 Å². The molecule has 0 bridgehead atoms. The number of fused-ring (bicyclic) bond motifs is 1. The summed E-state index contributed by atoms with van der Waals surface area (Å²) in [5.74, 6) is -0.681. The summed E-state index contributed by atoms with van der Waals surface area (Å²) >= 11 is 1.39. The highest BCUT2D eigenvalue weighted by atomic mass is 32.2. The number of rotatable bonds is 6. The van der Waals surface area contributed by atoms with Crippen LogP contribution in [0.25, 0.3) is 22.2 Å². The molecule has 6 nitrogen and oxygen atoms in total. The Morgan fingerprint density at radius 1 is 1.22 bits per heavy atom. The number of aromatic amines is 1. The number of aryl methyl sites for hydroxylation is 1. The Balaban J connectivity index is 1.77. The van der Waals surface area contributed by atoms with Gasteiger partial charge in [0.1, 0.15) is 11.5 Å². The van der Waals surface area contributed by atoms with Gasteiger partial charge in [-0.1, -0.05) is 18.2 Å². The van der Waals surface area contributed by atoms with E-state index in [0.29, 0.717) is 38.7 Å². The molecule has 32 heavy (non-hydrogen) atoms. The maximum Gasteiger partial charge on any atom is 0.278 e. The Labute approximate surface area is 188 Å². The fourth-order valence-electron chi connectivity index (χ4n) is 3.76. The van der Waals surface area contributed by atoms with E-state index in [1.807, 2.05) is 19.1 Å². The van der Waals surface area contributed by atoms with Gasteiger partial charge in [-0.15, -0.1) is 0 Å². The van der Waals surface area contributed by atoms with E-state index >= 15 is 0 Å². The average Bonchev–Trinajstić information content (AvgIpc) is 3.56. The Bertz CT molecular complexity index is 1390. The van der Waals surface area contributed by atoms with Crippen LogP contribution in [0.3, 0.4) is 0 Å². The number of halogens is 1. The van der Waals surface area contributed by atoms with Crippen LogP contribution in [0.2, 0.25) is 0 Å². The third-order valence-electron chi connectivity index (χ3n) is 5.48. The van der Waals surface area contributed by atoms with Crippen LogP contribution in [0.5, 0.6) is 0 Å². The van der Waals surface area contributed by atoms with E-state index in [2.05, 4.69) is 14.7 Å². The standard InChI is InChI=1S/C24H21FN4O2S/c1-14-8-11-19-21(27-14)20(17-6-4-12-26-23(17)30)22(24(31)28-32-16-9-10-16)29(19)13-15-5-2-3-7-18(15)25/h2-8,11-12,16H,9-10,13H2,1H3,(H,26,30)(H,28,31). The molecular weight excluding hydrogens is 427 g/mol. The summed E-state index contributed by atoms with van der Waals surface area (Å²) in [6.45, 7) is 1.99. The minimum Gasteiger partial charge on any atom is -0.330 e. The van der Waals surface area contributed by atoms with E-state index in [4.69, 9.17) is 0 Å². The van der Waals surface area contributed by atoms with Crippen LogP contribution in [-0.2, 0) is 6.54 Å². The van der Waals surface area contributed by atoms with Gasteiger partial charge in [0, 0.05) is 28.3 Å². The third-order valence-corrected chi connectivity index (χ3v) is 6.59. The SMILES string of the molecule is Cc1ccc2c(n1)c(-c1ccc[nH]c1=O)c(C(=O)NSC1CC1)n2Cc1ccccc1F. The molecule has 1 aromatic carbocycles. The highest BCUT2D eigenvalue weighted by Gasteiger charge is 2.29. The first-order chi connectivity index (χ1) is 15.5. The number of aromatic nitrogens is 3. The van der Waals surface area contributed by atoms with Gasteiger partial charge in [-0.3, -0.25) is 19.3 Å².